The van der Waals surface area contributed by atoms with Crippen LogP contribution in [0.25, 0.3) is 0 Å². The molecule has 0 aromatic heterocycles. The zero-order valence-corrected chi connectivity index (χ0v) is 11.9. The molecule has 2 amide bonds. The number of carbonyl (C=O) groups is 3. The second-order valence-electron chi connectivity index (χ2n) is 5.47. The summed E-state index contributed by atoms with van der Waals surface area (Å²) in [5.74, 6) is -1.22. The second-order valence-corrected chi connectivity index (χ2v) is 5.47. The Morgan fingerprint density at radius 2 is 2.00 bits per heavy atom. The number of hydrogen-bond acceptors (Lipinski definition) is 5. The highest BCUT2D eigenvalue weighted by molar-refractivity contribution is 5.94. The number of amides is 2. The van der Waals surface area contributed by atoms with Gasteiger partial charge in [0.05, 0.1) is 12.5 Å². The number of carbonyl (C=O) groups excluding carboxylic acids is 3. The first-order valence-electron chi connectivity index (χ1n) is 6.44. The molecule has 0 radical (unpaired) electrons. The van der Waals surface area contributed by atoms with E-state index in [2.05, 4.69) is 0 Å². The van der Waals surface area contributed by atoms with Crippen molar-refractivity contribution >= 4 is 18.0 Å². The maximum Gasteiger partial charge on any atom is 0.417 e. The van der Waals surface area contributed by atoms with E-state index >= 15 is 0 Å². The Morgan fingerprint density at radius 3 is 2.47 bits per heavy atom. The van der Waals surface area contributed by atoms with Gasteiger partial charge in [0.15, 0.2) is 0 Å². The van der Waals surface area contributed by atoms with Crippen LogP contribution < -0.4 is 0 Å². The molecule has 0 bridgehead atoms. The predicted octanol–water partition coefficient (Wildman–Crippen LogP) is 1.72. The molecule has 0 aliphatic carbocycles. The normalized spacial score (nSPS) is 20.1. The highest BCUT2D eigenvalue weighted by atomic mass is 16.6. The summed E-state index contributed by atoms with van der Waals surface area (Å²) in [6.07, 6.45) is -0.234. The first kappa shape index (κ1) is 15.5. The van der Waals surface area contributed by atoms with Crippen LogP contribution in [0.15, 0.2) is 0 Å². The Labute approximate surface area is 113 Å². The molecule has 0 aromatic carbocycles. The molecule has 0 N–H and O–H groups in total. The minimum absolute atomic E-state index is 0.00191. The van der Waals surface area contributed by atoms with Crippen LogP contribution in [-0.4, -0.2) is 41.6 Å². The van der Waals surface area contributed by atoms with Crippen LogP contribution in [0.1, 0.15) is 40.5 Å². The van der Waals surface area contributed by atoms with E-state index in [0.29, 0.717) is 13.0 Å². The van der Waals surface area contributed by atoms with Gasteiger partial charge < -0.3 is 9.47 Å². The summed E-state index contributed by atoms with van der Waals surface area (Å²) in [7, 11) is 0. The summed E-state index contributed by atoms with van der Waals surface area (Å²) in [5.41, 5.74) is -0.643. The molecule has 0 spiro atoms. The average molecular weight is 271 g/mol. The molecular weight excluding hydrogens is 250 g/mol. The number of esters is 1. The highest BCUT2D eigenvalue weighted by Crippen LogP contribution is 2.21. The molecule has 6 nitrogen and oxygen atoms in total. The molecule has 1 atom stereocenters. The van der Waals surface area contributed by atoms with Gasteiger partial charge >= 0.3 is 12.1 Å². The van der Waals surface area contributed by atoms with Crippen LogP contribution in [0.4, 0.5) is 4.79 Å². The third kappa shape index (κ3) is 4.54. The first-order chi connectivity index (χ1) is 8.74. The van der Waals surface area contributed by atoms with Gasteiger partial charge in [-0.1, -0.05) is 0 Å². The SMILES string of the molecule is CCOC(=O)[C@@H]1CCN(C(=O)OC(C)(C)C)C(=O)C1. The van der Waals surface area contributed by atoms with Crippen molar-refractivity contribution in [1.29, 1.82) is 0 Å². The Kier molecular flexibility index (Phi) is 4.91. The van der Waals surface area contributed by atoms with Crippen LogP contribution in [0, 0.1) is 5.92 Å². The lowest BCUT2D eigenvalue weighted by Crippen LogP contribution is -2.46. The summed E-state index contributed by atoms with van der Waals surface area (Å²) in [6, 6.07) is 0. The number of piperidine rings is 1. The molecule has 1 aliphatic rings. The molecule has 6 heteroatoms. The van der Waals surface area contributed by atoms with Gasteiger partial charge in [-0.15, -0.1) is 0 Å². The van der Waals surface area contributed by atoms with Crippen LogP contribution in [-0.2, 0) is 19.1 Å². The predicted molar refractivity (Wildman–Crippen MR) is 67.3 cm³/mol. The summed E-state index contributed by atoms with van der Waals surface area (Å²) in [6.45, 7) is 7.41. The molecule has 0 saturated carbocycles. The molecule has 1 heterocycles. The Morgan fingerprint density at radius 1 is 1.37 bits per heavy atom. The van der Waals surface area contributed by atoms with Crippen LogP contribution in [0.5, 0.6) is 0 Å². The number of rotatable bonds is 2. The van der Waals surface area contributed by atoms with Gasteiger partial charge in [-0.3, -0.25) is 9.59 Å². The lowest BCUT2D eigenvalue weighted by Gasteiger charge is -2.31. The minimum atomic E-state index is -0.653. The largest absolute Gasteiger partial charge is 0.466 e. The zero-order chi connectivity index (χ0) is 14.6. The number of ether oxygens (including phenoxy) is 2. The van der Waals surface area contributed by atoms with Crippen LogP contribution in [0.2, 0.25) is 0 Å². The molecule has 1 fully saturated rings. The third-order valence-electron chi connectivity index (χ3n) is 2.66. The monoisotopic (exact) mass is 271 g/mol. The second kappa shape index (κ2) is 6.04. The van der Waals surface area contributed by atoms with Gasteiger partial charge in [-0.2, -0.15) is 0 Å². The minimum Gasteiger partial charge on any atom is -0.466 e. The van der Waals surface area contributed by atoms with E-state index < -0.39 is 23.5 Å². The smallest absolute Gasteiger partial charge is 0.417 e. The van der Waals surface area contributed by atoms with Crippen LogP contribution in [0.3, 0.4) is 0 Å². The number of imide groups is 1. The molecule has 1 rings (SSSR count). The van der Waals surface area contributed by atoms with E-state index in [0.717, 1.165) is 4.90 Å². The van der Waals surface area contributed by atoms with Crippen LogP contribution >= 0.6 is 0 Å². The molecule has 0 aromatic rings. The average Bonchev–Trinajstić information content (AvgIpc) is 2.26. The molecule has 1 saturated heterocycles. The zero-order valence-electron chi connectivity index (χ0n) is 11.9. The van der Waals surface area contributed by atoms with Gasteiger partial charge in [0.1, 0.15) is 5.60 Å². The van der Waals surface area contributed by atoms with Crippen molar-refractivity contribution in [2.24, 2.45) is 5.92 Å². The van der Waals surface area contributed by atoms with E-state index in [-0.39, 0.29) is 18.9 Å². The van der Waals surface area contributed by atoms with E-state index in [4.69, 9.17) is 9.47 Å². The van der Waals surface area contributed by atoms with Crippen molar-refractivity contribution in [3.63, 3.8) is 0 Å². The summed E-state index contributed by atoms with van der Waals surface area (Å²) >= 11 is 0. The quantitative estimate of drug-likeness (QED) is 0.715. The lowest BCUT2D eigenvalue weighted by molar-refractivity contribution is -0.153. The van der Waals surface area contributed by atoms with Gasteiger partial charge in [0.2, 0.25) is 5.91 Å². The van der Waals surface area contributed by atoms with Crippen molar-refractivity contribution in [2.45, 2.75) is 46.1 Å². The maximum atomic E-state index is 11.9. The van der Waals surface area contributed by atoms with E-state index in [1.165, 1.54) is 0 Å². The molecule has 108 valence electrons. The van der Waals surface area contributed by atoms with Crippen molar-refractivity contribution in [2.75, 3.05) is 13.2 Å². The summed E-state index contributed by atoms with van der Waals surface area (Å²) in [4.78, 5) is 36.2. The fourth-order valence-corrected chi connectivity index (χ4v) is 1.80. The number of likely N-dealkylation sites (tertiary alicyclic amines) is 1. The lowest BCUT2D eigenvalue weighted by atomic mass is 9.96. The van der Waals surface area contributed by atoms with Crippen molar-refractivity contribution in [3.05, 3.63) is 0 Å². The fraction of sp³-hybridized carbons (Fsp3) is 0.769. The van der Waals surface area contributed by atoms with Gasteiger partial charge in [0, 0.05) is 13.0 Å². The topological polar surface area (TPSA) is 72.9 Å². The molecule has 0 unspecified atom stereocenters. The Hall–Kier alpha value is -1.59. The van der Waals surface area contributed by atoms with Crippen molar-refractivity contribution in [1.82, 2.24) is 4.90 Å². The molecule has 1 aliphatic heterocycles. The summed E-state index contributed by atoms with van der Waals surface area (Å²) < 4.78 is 10.0. The number of nitrogens with zero attached hydrogens (tertiary/aromatic N) is 1. The van der Waals surface area contributed by atoms with Gasteiger partial charge in [-0.25, -0.2) is 9.69 Å². The fourth-order valence-electron chi connectivity index (χ4n) is 1.80. The number of hydrogen-bond donors (Lipinski definition) is 0. The van der Waals surface area contributed by atoms with Crippen molar-refractivity contribution < 1.29 is 23.9 Å². The Balaban J connectivity index is 2.57. The van der Waals surface area contributed by atoms with Gasteiger partial charge in [0.25, 0.3) is 0 Å². The standard InChI is InChI=1S/C13H21NO5/c1-5-18-11(16)9-6-7-14(10(15)8-9)12(17)19-13(2,3)4/h9H,5-8H2,1-4H3/t9-/m1/s1. The Bertz CT molecular complexity index is 372. The highest BCUT2D eigenvalue weighted by Gasteiger charge is 2.36. The van der Waals surface area contributed by atoms with E-state index in [1.54, 1.807) is 27.7 Å². The van der Waals surface area contributed by atoms with E-state index in [1.807, 2.05) is 0 Å². The summed E-state index contributed by atoms with van der Waals surface area (Å²) in [5, 5.41) is 0. The first-order valence-corrected chi connectivity index (χ1v) is 6.44. The molecular formula is C13H21NO5. The third-order valence-corrected chi connectivity index (χ3v) is 2.66. The van der Waals surface area contributed by atoms with Gasteiger partial charge in [-0.05, 0) is 34.1 Å². The molecule has 19 heavy (non-hydrogen) atoms. The van der Waals surface area contributed by atoms with E-state index in [9.17, 15) is 14.4 Å². The maximum absolute atomic E-state index is 11.9. The van der Waals surface area contributed by atoms with Crippen molar-refractivity contribution in [3.8, 4) is 0 Å².